The fourth-order valence-electron chi connectivity index (χ4n) is 2.75. The number of hydrogen-bond donors (Lipinski definition) is 2. The van der Waals surface area contributed by atoms with Crippen molar-refractivity contribution in [3.05, 3.63) is 35.4 Å². The fourth-order valence-corrected chi connectivity index (χ4v) is 2.75. The van der Waals surface area contributed by atoms with E-state index in [1.54, 1.807) is 7.05 Å². The summed E-state index contributed by atoms with van der Waals surface area (Å²) in [6, 6.07) is 8.87. The maximum absolute atomic E-state index is 5.31. The number of ether oxygens (including phenoxy) is 1. The molecule has 0 saturated carbocycles. The maximum Gasteiger partial charge on any atom is 0.191 e. The third kappa shape index (κ3) is 7.81. The second-order valence-corrected chi connectivity index (χ2v) is 5.85. The molecule has 1 heterocycles. The number of rotatable bonds is 8. The van der Waals surface area contributed by atoms with E-state index in [9.17, 15) is 0 Å². The molecule has 0 atom stereocenters. The molecule has 0 bridgehead atoms. The zero-order valence-corrected chi connectivity index (χ0v) is 17.2. The number of nitrogens with zero attached hydrogens (tertiary/aromatic N) is 2. The van der Waals surface area contributed by atoms with Crippen molar-refractivity contribution in [2.75, 3.05) is 39.9 Å². The highest BCUT2D eigenvalue weighted by Gasteiger charge is 2.11. The molecule has 0 aromatic heterocycles. The molecule has 1 saturated heterocycles. The highest BCUT2D eigenvalue weighted by Crippen LogP contribution is 2.13. The van der Waals surface area contributed by atoms with Crippen LogP contribution in [0.5, 0.6) is 0 Å². The molecule has 2 N–H and O–H groups in total. The number of hydrogen-bond acceptors (Lipinski definition) is 3. The molecular formula is C18H31IN4O. The van der Waals surface area contributed by atoms with Gasteiger partial charge in [0.15, 0.2) is 5.96 Å². The van der Waals surface area contributed by atoms with E-state index >= 15 is 0 Å². The molecule has 5 nitrogen and oxygen atoms in total. The van der Waals surface area contributed by atoms with E-state index in [1.807, 2.05) is 6.92 Å². The van der Waals surface area contributed by atoms with Gasteiger partial charge in [-0.15, -0.1) is 24.0 Å². The van der Waals surface area contributed by atoms with Crippen molar-refractivity contribution in [2.45, 2.75) is 32.9 Å². The molecule has 1 aliphatic rings. The van der Waals surface area contributed by atoms with Gasteiger partial charge in [-0.05, 0) is 44.0 Å². The van der Waals surface area contributed by atoms with Crippen molar-refractivity contribution in [1.29, 1.82) is 0 Å². The van der Waals surface area contributed by atoms with Gasteiger partial charge in [-0.1, -0.05) is 24.3 Å². The SMILES string of the molecule is CCOCCNC(=NC)NCc1ccc(CN2CCCC2)cc1.I. The summed E-state index contributed by atoms with van der Waals surface area (Å²) in [4.78, 5) is 6.74. The number of halogens is 1. The lowest BCUT2D eigenvalue weighted by molar-refractivity contribution is 0.152. The molecule has 136 valence electrons. The van der Waals surface area contributed by atoms with Gasteiger partial charge < -0.3 is 15.4 Å². The van der Waals surface area contributed by atoms with Crippen LogP contribution in [0.15, 0.2) is 29.3 Å². The Labute approximate surface area is 163 Å². The van der Waals surface area contributed by atoms with Crippen LogP contribution < -0.4 is 10.6 Å². The largest absolute Gasteiger partial charge is 0.380 e. The Hall–Kier alpha value is -0.860. The highest BCUT2D eigenvalue weighted by molar-refractivity contribution is 14.0. The standard InChI is InChI=1S/C18H30N4O.HI/c1-3-23-13-10-20-18(19-2)21-14-16-6-8-17(9-7-16)15-22-11-4-5-12-22;/h6-9H,3-5,10-15H2,1-2H3,(H2,19,20,21);1H. The minimum Gasteiger partial charge on any atom is -0.380 e. The molecule has 1 aromatic rings. The first-order valence-electron chi connectivity index (χ1n) is 8.64. The predicted molar refractivity (Wildman–Crippen MR) is 111 cm³/mol. The molecule has 1 aliphatic heterocycles. The Morgan fingerprint density at radius 1 is 1.12 bits per heavy atom. The van der Waals surface area contributed by atoms with Crippen molar-refractivity contribution in [1.82, 2.24) is 15.5 Å². The molecule has 1 fully saturated rings. The first kappa shape index (κ1) is 21.2. The Morgan fingerprint density at radius 3 is 2.42 bits per heavy atom. The van der Waals surface area contributed by atoms with E-state index < -0.39 is 0 Å². The van der Waals surface area contributed by atoms with Crippen molar-refractivity contribution >= 4 is 29.9 Å². The van der Waals surface area contributed by atoms with Crippen LogP contribution in [0, 0.1) is 0 Å². The third-order valence-electron chi connectivity index (χ3n) is 4.05. The maximum atomic E-state index is 5.31. The molecule has 0 aliphatic carbocycles. The van der Waals surface area contributed by atoms with Gasteiger partial charge >= 0.3 is 0 Å². The number of likely N-dealkylation sites (tertiary alicyclic amines) is 1. The normalized spacial score (nSPS) is 15.2. The van der Waals surface area contributed by atoms with Crippen LogP contribution in [-0.2, 0) is 17.8 Å². The van der Waals surface area contributed by atoms with Crippen LogP contribution in [0.3, 0.4) is 0 Å². The van der Waals surface area contributed by atoms with E-state index in [1.165, 1.54) is 37.1 Å². The van der Waals surface area contributed by atoms with Crippen LogP contribution in [0.25, 0.3) is 0 Å². The second kappa shape index (κ2) is 12.5. The first-order valence-corrected chi connectivity index (χ1v) is 8.64. The van der Waals surface area contributed by atoms with Crippen LogP contribution in [0.1, 0.15) is 30.9 Å². The Morgan fingerprint density at radius 2 is 1.79 bits per heavy atom. The van der Waals surface area contributed by atoms with E-state index in [2.05, 4.69) is 44.8 Å². The summed E-state index contributed by atoms with van der Waals surface area (Å²) >= 11 is 0. The molecule has 0 amide bonds. The zero-order chi connectivity index (χ0) is 16.3. The Bertz CT molecular complexity index is 472. The summed E-state index contributed by atoms with van der Waals surface area (Å²) < 4.78 is 5.31. The second-order valence-electron chi connectivity index (χ2n) is 5.85. The van der Waals surface area contributed by atoms with Crippen LogP contribution in [0.4, 0.5) is 0 Å². The summed E-state index contributed by atoms with van der Waals surface area (Å²) in [5, 5.41) is 6.57. The topological polar surface area (TPSA) is 48.9 Å². The average Bonchev–Trinajstić information content (AvgIpc) is 3.08. The van der Waals surface area contributed by atoms with Gasteiger partial charge in [0, 0.05) is 33.3 Å². The molecular weight excluding hydrogens is 415 g/mol. The zero-order valence-electron chi connectivity index (χ0n) is 14.9. The lowest BCUT2D eigenvalue weighted by Crippen LogP contribution is -2.38. The van der Waals surface area contributed by atoms with Crippen LogP contribution in [0.2, 0.25) is 0 Å². The molecule has 0 radical (unpaired) electrons. The van der Waals surface area contributed by atoms with Gasteiger partial charge in [0.25, 0.3) is 0 Å². The molecule has 0 spiro atoms. The first-order chi connectivity index (χ1) is 11.3. The minimum absolute atomic E-state index is 0. The summed E-state index contributed by atoms with van der Waals surface area (Å²) in [7, 11) is 1.79. The summed E-state index contributed by atoms with van der Waals surface area (Å²) in [5.41, 5.74) is 2.66. The number of guanidine groups is 1. The average molecular weight is 446 g/mol. The smallest absolute Gasteiger partial charge is 0.191 e. The van der Waals surface area contributed by atoms with E-state index in [0.717, 1.165) is 32.2 Å². The van der Waals surface area contributed by atoms with E-state index in [-0.39, 0.29) is 24.0 Å². The van der Waals surface area contributed by atoms with Gasteiger partial charge in [0.2, 0.25) is 0 Å². The highest BCUT2D eigenvalue weighted by atomic mass is 127. The van der Waals surface area contributed by atoms with E-state index in [0.29, 0.717) is 6.61 Å². The van der Waals surface area contributed by atoms with Gasteiger partial charge in [0.1, 0.15) is 0 Å². The lowest BCUT2D eigenvalue weighted by Gasteiger charge is -2.15. The van der Waals surface area contributed by atoms with Crippen molar-refractivity contribution in [3.63, 3.8) is 0 Å². The van der Waals surface area contributed by atoms with Gasteiger partial charge in [-0.3, -0.25) is 9.89 Å². The monoisotopic (exact) mass is 446 g/mol. The molecule has 1 aromatic carbocycles. The van der Waals surface area contributed by atoms with Crippen LogP contribution >= 0.6 is 24.0 Å². The quantitative estimate of drug-likeness (QED) is 0.279. The number of nitrogens with one attached hydrogen (secondary N) is 2. The van der Waals surface area contributed by atoms with Crippen molar-refractivity contribution in [3.8, 4) is 0 Å². The van der Waals surface area contributed by atoms with E-state index in [4.69, 9.17) is 4.74 Å². The van der Waals surface area contributed by atoms with Gasteiger partial charge in [-0.25, -0.2) is 0 Å². The summed E-state index contributed by atoms with van der Waals surface area (Å²) in [5.74, 6) is 0.811. The molecule has 0 unspecified atom stereocenters. The van der Waals surface area contributed by atoms with Gasteiger partial charge in [-0.2, -0.15) is 0 Å². The summed E-state index contributed by atoms with van der Waals surface area (Å²) in [6.07, 6.45) is 2.69. The minimum atomic E-state index is 0. The Kier molecular flexibility index (Phi) is 11.0. The third-order valence-corrected chi connectivity index (χ3v) is 4.05. The number of benzene rings is 1. The fraction of sp³-hybridized carbons (Fsp3) is 0.611. The molecule has 2 rings (SSSR count). The number of aliphatic imine (C=N–C) groups is 1. The Balaban J connectivity index is 0.00000288. The lowest BCUT2D eigenvalue weighted by atomic mass is 10.1. The summed E-state index contributed by atoms with van der Waals surface area (Å²) in [6.45, 7) is 8.55. The molecule has 24 heavy (non-hydrogen) atoms. The molecule has 6 heteroatoms. The van der Waals surface area contributed by atoms with Crippen molar-refractivity contribution < 1.29 is 4.74 Å². The predicted octanol–water partition coefficient (Wildman–Crippen LogP) is 2.60. The van der Waals surface area contributed by atoms with Crippen molar-refractivity contribution in [2.24, 2.45) is 4.99 Å². The van der Waals surface area contributed by atoms with Gasteiger partial charge in [0.05, 0.1) is 6.61 Å². The van der Waals surface area contributed by atoms with Crippen LogP contribution in [-0.4, -0.2) is 50.8 Å².